The van der Waals surface area contributed by atoms with Gasteiger partial charge in [0.2, 0.25) is 0 Å². The Kier molecular flexibility index (Phi) is 10.7. The van der Waals surface area contributed by atoms with E-state index in [4.69, 9.17) is 9.47 Å². The van der Waals surface area contributed by atoms with Crippen molar-refractivity contribution in [2.45, 2.75) is 57.5 Å². The number of hydrogen-bond donors (Lipinski definition) is 1. The number of benzene rings is 2. The normalized spacial score (nSPS) is 17.1. The molecule has 0 bridgehead atoms. The zero-order chi connectivity index (χ0) is 31.2. The van der Waals surface area contributed by atoms with Crippen LogP contribution in [0.2, 0.25) is 0 Å². The molecule has 1 N–H and O–H groups in total. The summed E-state index contributed by atoms with van der Waals surface area (Å²) in [6, 6.07) is 6.38. The number of nitrogens with zero attached hydrogens (tertiary/aromatic N) is 3. The lowest BCUT2D eigenvalue weighted by Gasteiger charge is -2.48. The van der Waals surface area contributed by atoms with Crippen molar-refractivity contribution in [1.82, 2.24) is 14.7 Å². The van der Waals surface area contributed by atoms with Crippen LogP contribution in [0.3, 0.4) is 0 Å². The molecule has 0 saturated carbocycles. The quantitative estimate of drug-likeness (QED) is 0.224. The van der Waals surface area contributed by atoms with Gasteiger partial charge in [-0.15, -0.1) is 0 Å². The van der Waals surface area contributed by atoms with Gasteiger partial charge in [0, 0.05) is 57.5 Å². The number of ether oxygens (including phenoxy) is 2. The number of hydrogen-bond acceptors (Lipinski definition) is 5. The third-order valence-electron chi connectivity index (χ3n) is 7.80. The van der Waals surface area contributed by atoms with E-state index < -0.39 is 35.2 Å². The molecule has 2 aliphatic heterocycles. The molecular weight excluding hydrogens is 578 g/mol. The molecule has 0 atom stereocenters. The van der Waals surface area contributed by atoms with E-state index in [-0.39, 0.29) is 12.1 Å². The van der Waals surface area contributed by atoms with Crippen LogP contribution < -0.4 is 14.8 Å². The van der Waals surface area contributed by atoms with E-state index in [9.17, 15) is 31.1 Å². The minimum Gasteiger partial charge on any atom is -0.493 e. The Balaban J connectivity index is 1.23. The van der Waals surface area contributed by atoms with Crippen LogP contribution in [-0.4, -0.2) is 79.8 Å². The summed E-state index contributed by atoms with van der Waals surface area (Å²) in [6.07, 6.45) is -5.46. The number of rotatable bonds is 11. The van der Waals surface area contributed by atoms with Crippen molar-refractivity contribution in [3.63, 3.8) is 0 Å². The minimum atomic E-state index is -4.98. The number of halogens is 6. The Hall–Kier alpha value is -3.19. The highest BCUT2D eigenvalue weighted by molar-refractivity contribution is 5.90. The Morgan fingerprint density at radius 2 is 1.53 bits per heavy atom. The lowest BCUT2D eigenvalue weighted by atomic mass is 10.1. The van der Waals surface area contributed by atoms with Gasteiger partial charge in [-0.25, -0.2) is 4.79 Å². The summed E-state index contributed by atoms with van der Waals surface area (Å²) in [5.41, 5.74) is -2.39. The molecule has 2 fully saturated rings. The van der Waals surface area contributed by atoms with Gasteiger partial charge in [-0.1, -0.05) is 32.3 Å². The average Bonchev–Trinajstić information content (AvgIpc) is 2.92. The number of likely N-dealkylation sites (tertiary alicyclic amines) is 1. The maximum Gasteiger partial charge on any atom is 0.416 e. The molecule has 2 amide bonds. The Morgan fingerprint density at radius 1 is 0.884 bits per heavy atom. The van der Waals surface area contributed by atoms with Crippen LogP contribution in [-0.2, 0) is 18.9 Å². The summed E-state index contributed by atoms with van der Waals surface area (Å²) >= 11 is 0. The van der Waals surface area contributed by atoms with E-state index in [1.54, 1.807) is 7.11 Å². The van der Waals surface area contributed by atoms with Crippen LogP contribution in [0.5, 0.6) is 11.5 Å². The van der Waals surface area contributed by atoms with Crippen LogP contribution in [0.25, 0.3) is 0 Å². The molecular formula is C30H38F6N4O3. The van der Waals surface area contributed by atoms with E-state index in [0.29, 0.717) is 37.6 Å². The number of carbonyl (C=O) groups excluding carboxylic acids is 1. The zero-order valence-corrected chi connectivity index (χ0v) is 24.4. The number of carbonyl (C=O) groups is 1. The maximum absolute atomic E-state index is 13.1. The Morgan fingerprint density at radius 3 is 2.12 bits per heavy atom. The molecule has 0 aromatic heterocycles. The molecule has 2 aromatic carbocycles. The summed E-state index contributed by atoms with van der Waals surface area (Å²) < 4.78 is 90.2. The van der Waals surface area contributed by atoms with E-state index in [2.05, 4.69) is 22.0 Å². The van der Waals surface area contributed by atoms with E-state index in [1.807, 2.05) is 18.2 Å². The topological polar surface area (TPSA) is 57.3 Å². The van der Waals surface area contributed by atoms with Gasteiger partial charge < -0.3 is 19.7 Å². The summed E-state index contributed by atoms with van der Waals surface area (Å²) in [7, 11) is 1.63. The fourth-order valence-corrected chi connectivity index (χ4v) is 5.27. The highest BCUT2D eigenvalue weighted by atomic mass is 19.4. The fraction of sp³-hybridized carbons (Fsp3) is 0.567. The van der Waals surface area contributed by atoms with Gasteiger partial charge in [0.25, 0.3) is 0 Å². The third kappa shape index (κ3) is 8.91. The maximum atomic E-state index is 13.1. The highest BCUT2D eigenvalue weighted by Crippen LogP contribution is 2.38. The molecule has 43 heavy (non-hydrogen) atoms. The first-order valence-electron chi connectivity index (χ1n) is 14.5. The Bertz CT molecular complexity index is 1190. The van der Waals surface area contributed by atoms with E-state index >= 15 is 0 Å². The van der Waals surface area contributed by atoms with Crippen LogP contribution in [0.15, 0.2) is 36.4 Å². The SMILES string of the molecule is CCCCCCOc1ccc(CN2CCN(C3CN(C(=O)Nc4cc(C(F)(F)F)cc(C(F)(F)F)c4)C3)CC2)cc1OC. The van der Waals surface area contributed by atoms with Gasteiger partial charge in [0.05, 0.1) is 24.8 Å². The van der Waals surface area contributed by atoms with Crippen LogP contribution in [0, 0.1) is 0 Å². The van der Waals surface area contributed by atoms with Crippen molar-refractivity contribution in [3.05, 3.63) is 53.1 Å². The molecule has 7 nitrogen and oxygen atoms in total. The van der Waals surface area contributed by atoms with Crippen molar-refractivity contribution >= 4 is 11.7 Å². The third-order valence-corrected chi connectivity index (χ3v) is 7.80. The molecule has 0 radical (unpaired) electrons. The second-order valence-electron chi connectivity index (χ2n) is 11.0. The van der Waals surface area contributed by atoms with Gasteiger partial charge in [-0.2, -0.15) is 26.3 Å². The van der Waals surface area contributed by atoms with Gasteiger partial charge in [0.1, 0.15) is 0 Å². The molecule has 0 aliphatic carbocycles. The first-order valence-corrected chi connectivity index (χ1v) is 14.5. The number of piperazine rings is 1. The molecule has 2 heterocycles. The number of urea groups is 1. The predicted octanol–water partition coefficient (Wildman–Crippen LogP) is 6.73. The van der Waals surface area contributed by atoms with Crippen molar-refractivity contribution in [2.75, 3.05) is 58.3 Å². The van der Waals surface area contributed by atoms with Crippen LogP contribution >= 0.6 is 0 Å². The lowest BCUT2D eigenvalue weighted by molar-refractivity contribution is -0.143. The van der Waals surface area contributed by atoms with E-state index in [0.717, 1.165) is 56.9 Å². The number of anilines is 1. The second-order valence-corrected chi connectivity index (χ2v) is 11.0. The summed E-state index contributed by atoms with van der Waals surface area (Å²) in [5, 5.41) is 2.20. The molecule has 2 aliphatic rings. The average molecular weight is 617 g/mol. The van der Waals surface area contributed by atoms with E-state index in [1.165, 1.54) is 17.7 Å². The smallest absolute Gasteiger partial charge is 0.416 e. The van der Waals surface area contributed by atoms with Crippen molar-refractivity contribution < 1.29 is 40.6 Å². The first kappa shape index (κ1) is 32.7. The summed E-state index contributed by atoms with van der Waals surface area (Å²) in [6.45, 7) is 7.43. The summed E-state index contributed by atoms with van der Waals surface area (Å²) in [4.78, 5) is 18.5. The predicted molar refractivity (Wildman–Crippen MR) is 150 cm³/mol. The molecule has 2 saturated heterocycles. The molecule has 4 rings (SSSR count). The fourth-order valence-electron chi connectivity index (χ4n) is 5.27. The molecule has 2 aromatic rings. The molecule has 0 spiro atoms. The number of unbranched alkanes of at least 4 members (excludes halogenated alkanes) is 3. The van der Waals surface area contributed by atoms with Gasteiger partial charge >= 0.3 is 18.4 Å². The highest BCUT2D eigenvalue weighted by Gasteiger charge is 2.39. The Labute approximate surface area is 247 Å². The standard InChI is InChI=1S/C30H38F6N4O3/c1-3-4-5-6-13-43-26-8-7-21(14-27(26)42-2)18-38-9-11-39(12-10-38)25-19-40(20-25)28(41)37-24-16-22(29(31,32)33)15-23(17-24)30(34,35)36/h7-8,14-17,25H,3-6,9-13,18-20H2,1-2H3,(H,37,41). The van der Waals surface area contributed by atoms with Crippen LogP contribution in [0.4, 0.5) is 36.8 Å². The monoisotopic (exact) mass is 616 g/mol. The molecule has 238 valence electrons. The zero-order valence-electron chi connectivity index (χ0n) is 24.4. The minimum absolute atomic E-state index is 0.0331. The first-order chi connectivity index (χ1) is 20.4. The largest absolute Gasteiger partial charge is 0.493 e. The number of methoxy groups -OCH3 is 1. The second kappa shape index (κ2) is 14.1. The molecule has 0 unspecified atom stereocenters. The van der Waals surface area contributed by atoms with Gasteiger partial charge in [-0.3, -0.25) is 9.80 Å². The number of nitrogens with one attached hydrogen (secondary N) is 1. The number of alkyl halides is 6. The lowest BCUT2D eigenvalue weighted by Crippen LogP contribution is -2.64. The molecule has 13 heteroatoms. The van der Waals surface area contributed by atoms with Gasteiger partial charge in [-0.05, 0) is 42.3 Å². The van der Waals surface area contributed by atoms with Gasteiger partial charge in [0.15, 0.2) is 11.5 Å². The summed E-state index contributed by atoms with van der Waals surface area (Å²) in [5.74, 6) is 1.44. The van der Waals surface area contributed by atoms with Crippen LogP contribution in [0.1, 0.15) is 49.3 Å². The van der Waals surface area contributed by atoms with Crippen molar-refractivity contribution in [2.24, 2.45) is 0 Å². The van der Waals surface area contributed by atoms with Crippen molar-refractivity contribution in [1.29, 1.82) is 0 Å². The van der Waals surface area contributed by atoms with Crippen molar-refractivity contribution in [3.8, 4) is 11.5 Å². The number of amides is 2.